The molecule has 0 aliphatic carbocycles. The Morgan fingerprint density at radius 3 is 2.65 bits per heavy atom. The molecular formula is C19H19FN2O4. The van der Waals surface area contributed by atoms with E-state index in [4.69, 9.17) is 4.74 Å². The van der Waals surface area contributed by atoms with Gasteiger partial charge in [0.25, 0.3) is 0 Å². The predicted octanol–water partition coefficient (Wildman–Crippen LogP) is 2.71. The number of β-amino-alcohol motifs (C(OH)–C–C–N with tert-alkyl or cyclic N) is 1. The summed E-state index contributed by atoms with van der Waals surface area (Å²) >= 11 is 0. The summed E-state index contributed by atoms with van der Waals surface area (Å²) in [7, 11) is 0. The number of ether oxygens (including phenoxy) is 1. The number of nitrogens with zero attached hydrogens (tertiary/aromatic N) is 1. The maximum Gasteiger partial charge on any atom is 0.416 e. The molecule has 0 radical (unpaired) electrons. The third kappa shape index (κ3) is 3.83. The number of aliphatic hydroxyl groups excluding tert-OH is 1. The molecule has 2 atom stereocenters. The molecular weight excluding hydrogens is 339 g/mol. The lowest BCUT2D eigenvalue weighted by Crippen LogP contribution is -2.44. The van der Waals surface area contributed by atoms with Gasteiger partial charge in [0, 0.05) is 17.7 Å². The zero-order valence-corrected chi connectivity index (χ0v) is 14.2. The fourth-order valence-corrected chi connectivity index (χ4v) is 2.87. The largest absolute Gasteiger partial charge is 0.416 e. The topological polar surface area (TPSA) is 78.9 Å². The van der Waals surface area contributed by atoms with E-state index in [1.165, 1.54) is 17.0 Å². The molecule has 1 saturated heterocycles. The van der Waals surface area contributed by atoms with Gasteiger partial charge >= 0.3 is 6.09 Å². The Bertz CT molecular complexity index is 812. The van der Waals surface area contributed by atoms with E-state index in [0.717, 1.165) is 0 Å². The number of halogens is 1. The van der Waals surface area contributed by atoms with E-state index in [-0.39, 0.29) is 13.0 Å². The van der Waals surface area contributed by atoms with Crippen molar-refractivity contribution in [2.24, 2.45) is 0 Å². The van der Waals surface area contributed by atoms with Crippen LogP contribution in [-0.2, 0) is 4.79 Å². The molecule has 1 aliphatic rings. The highest BCUT2D eigenvalue weighted by molar-refractivity contribution is 5.97. The van der Waals surface area contributed by atoms with Crippen LogP contribution in [0.15, 0.2) is 48.5 Å². The van der Waals surface area contributed by atoms with E-state index in [1.54, 1.807) is 43.3 Å². The van der Waals surface area contributed by atoms with Crippen LogP contribution in [0.5, 0.6) is 5.75 Å². The highest BCUT2D eigenvalue weighted by Gasteiger charge is 2.40. The number of benzene rings is 2. The lowest BCUT2D eigenvalue weighted by molar-refractivity contribution is -0.119. The van der Waals surface area contributed by atoms with E-state index in [2.05, 4.69) is 5.32 Å². The Kier molecular flexibility index (Phi) is 5.18. The van der Waals surface area contributed by atoms with Crippen molar-refractivity contribution in [3.05, 3.63) is 59.9 Å². The number of nitrogens with one attached hydrogen (secondary N) is 1. The van der Waals surface area contributed by atoms with Gasteiger partial charge in [0.1, 0.15) is 17.6 Å². The number of amides is 2. The number of rotatable bonds is 3. The fraction of sp³-hybridized carbons (Fsp3) is 0.263. The summed E-state index contributed by atoms with van der Waals surface area (Å²) in [6, 6.07) is 11.9. The maximum absolute atomic E-state index is 13.6. The first-order chi connectivity index (χ1) is 12.5. The van der Waals surface area contributed by atoms with Crippen molar-refractivity contribution in [2.45, 2.75) is 25.5 Å². The highest BCUT2D eigenvalue weighted by Crippen LogP contribution is 2.23. The van der Waals surface area contributed by atoms with Gasteiger partial charge in [-0.2, -0.15) is 0 Å². The van der Waals surface area contributed by atoms with Crippen LogP contribution in [0.2, 0.25) is 0 Å². The molecule has 6 nitrogen and oxygen atoms in total. The number of carbonyl (C=O) groups is 2. The van der Waals surface area contributed by atoms with Crippen LogP contribution in [0.25, 0.3) is 0 Å². The average molecular weight is 358 g/mol. The van der Waals surface area contributed by atoms with Crippen LogP contribution in [0.4, 0.5) is 14.9 Å². The SMILES string of the molecule is Cc1c(F)cccc1NC(=O)[C@H]1C[C@@H](O)CN1C(=O)Oc1ccccc1. The highest BCUT2D eigenvalue weighted by atomic mass is 19.1. The van der Waals surface area contributed by atoms with Crippen LogP contribution in [0.1, 0.15) is 12.0 Å². The van der Waals surface area contributed by atoms with Gasteiger partial charge in [-0.15, -0.1) is 0 Å². The maximum atomic E-state index is 13.6. The predicted molar refractivity (Wildman–Crippen MR) is 93.4 cm³/mol. The number of hydrogen-bond donors (Lipinski definition) is 2. The molecule has 2 aromatic rings. The van der Waals surface area contributed by atoms with Crippen molar-refractivity contribution in [3.8, 4) is 5.75 Å². The van der Waals surface area contributed by atoms with Crippen LogP contribution in [-0.4, -0.2) is 40.7 Å². The Hall–Kier alpha value is -2.93. The van der Waals surface area contributed by atoms with Gasteiger partial charge in [0.05, 0.1) is 12.6 Å². The second-order valence-electron chi connectivity index (χ2n) is 6.14. The van der Waals surface area contributed by atoms with Crippen LogP contribution in [0, 0.1) is 12.7 Å². The minimum Gasteiger partial charge on any atom is -0.410 e. The number of aliphatic hydroxyl groups is 1. The Morgan fingerprint density at radius 2 is 1.92 bits per heavy atom. The number of anilines is 1. The monoisotopic (exact) mass is 358 g/mol. The Morgan fingerprint density at radius 1 is 1.19 bits per heavy atom. The van der Waals surface area contributed by atoms with Crippen molar-refractivity contribution in [2.75, 3.05) is 11.9 Å². The molecule has 0 spiro atoms. The molecule has 1 fully saturated rings. The van der Waals surface area contributed by atoms with Crippen LogP contribution >= 0.6 is 0 Å². The van der Waals surface area contributed by atoms with Gasteiger partial charge in [-0.05, 0) is 31.2 Å². The molecule has 3 rings (SSSR count). The Balaban J connectivity index is 1.73. The number of para-hydroxylation sites is 1. The summed E-state index contributed by atoms with van der Waals surface area (Å²) < 4.78 is 18.9. The molecule has 26 heavy (non-hydrogen) atoms. The van der Waals surface area contributed by atoms with Gasteiger partial charge in [-0.1, -0.05) is 24.3 Å². The van der Waals surface area contributed by atoms with Crippen molar-refractivity contribution < 1.29 is 23.8 Å². The summed E-state index contributed by atoms with van der Waals surface area (Å²) in [5.41, 5.74) is 0.630. The van der Waals surface area contributed by atoms with Gasteiger partial charge in [0.2, 0.25) is 5.91 Å². The minimum atomic E-state index is -0.899. The summed E-state index contributed by atoms with van der Waals surface area (Å²) in [4.78, 5) is 26.2. The zero-order valence-electron chi connectivity index (χ0n) is 14.2. The van der Waals surface area contributed by atoms with E-state index in [9.17, 15) is 19.1 Å². The molecule has 0 saturated carbocycles. The second kappa shape index (κ2) is 7.53. The minimum absolute atomic E-state index is 0.00805. The fourth-order valence-electron chi connectivity index (χ4n) is 2.87. The summed E-state index contributed by atoms with van der Waals surface area (Å²) in [6.07, 6.45) is -1.46. The molecule has 7 heteroatoms. The number of carbonyl (C=O) groups excluding carboxylic acids is 2. The molecule has 136 valence electrons. The first-order valence-corrected chi connectivity index (χ1v) is 8.23. The Labute approximate surface area is 150 Å². The normalized spacial score (nSPS) is 19.3. The lowest BCUT2D eigenvalue weighted by atomic mass is 10.1. The van der Waals surface area contributed by atoms with Crippen molar-refractivity contribution in [1.82, 2.24) is 4.90 Å². The number of likely N-dealkylation sites (tertiary alicyclic amines) is 1. The molecule has 0 aromatic heterocycles. The molecule has 0 bridgehead atoms. The molecule has 1 heterocycles. The zero-order chi connectivity index (χ0) is 18.7. The second-order valence-corrected chi connectivity index (χ2v) is 6.14. The van der Waals surface area contributed by atoms with Gasteiger partial charge in [-0.25, -0.2) is 9.18 Å². The van der Waals surface area contributed by atoms with Crippen LogP contribution < -0.4 is 10.1 Å². The molecule has 2 N–H and O–H groups in total. The summed E-state index contributed by atoms with van der Waals surface area (Å²) in [6.45, 7) is 1.54. The van der Waals surface area contributed by atoms with Crippen molar-refractivity contribution >= 4 is 17.7 Å². The van der Waals surface area contributed by atoms with E-state index in [0.29, 0.717) is 17.0 Å². The van der Waals surface area contributed by atoms with E-state index >= 15 is 0 Å². The molecule has 1 aliphatic heterocycles. The van der Waals surface area contributed by atoms with Crippen molar-refractivity contribution in [3.63, 3.8) is 0 Å². The van der Waals surface area contributed by atoms with Gasteiger partial charge in [-0.3, -0.25) is 9.69 Å². The summed E-state index contributed by atoms with van der Waals surface area (Å²) in [5, 5.41) is 12.5. The average Bonchev–Trinajstić information content (AvgIpc) is 3.02. The van der Waals surface area contributed by atoms with Gasteiger partial charge in [0.15, 0.2) is 0 Å². The van der Waals surface area contributed by atoms with Crippen LogP contribution in [0.3, 0.4) is 0 Å². The first kappa shape index (κ1) is 17.9. The smallest absolute Gasteiger partial charge is 0.410 e. The molecule has 2 amide bonds. The quantitative estimate of drug-likeness (QED) is 0.884. The standard InChI is InChI=1S/C19H19FN2O4/c1-12-15(20)8-5-9-16(12)21-18(24)17-10-13(23)11-22(17)19(25)26-14-6-3-2-4-7-14/h2-9,13,17,23H,10-11H2,1H3,(H,21,24)/t13-,17-/m1/s1. The van der Waals surface area contributed by atoms with E-state index in [1.807, 2.05) is 0 Å². The lowest BCUT2D eigenvalue weighted by Gasteiger charge is -2.23. The first-order valence-electron chi connectivity index (χ1n) is 8.23. The third-order valence-corrected chi connectivity index (χ3v) is 4.29. The van der Waals surface area contributed by atoms with Crippen molar-refractivity contribution in [1.29, 1.82) is 0 Å². The third-order valence-electron chi connectivity index (χ3n) is 4.29. The molecule has 0 unspecified atom stereocenters. The summed E-state index contributed by atoms with van der Waals surface area (Å²) in [5.74, 6) is -0.589. The van der Waals surface area contributed by atoms with E-state index < -0.39 is 30.0 Å². The number of hydrogen-bond acceptors (Lipinski definition) is 4. The van der Waals surface area contributed by atoms with Gasteiger partial charge < -0.3 is 15.2 Å². The molecule has 2 aromatic carbocycles.